The molecule has 1 aliphatic rings. The van der Waals surface area contributed by atoms with Crippen molar-refractivity contribution < 1.29 is 9.90 Å². The number of aromatic carboxylic acids is 1. The van der Waals surface area contributed by atoms with Gasteiger partial charge in [0.25, 0.3) is 0 Å². The first-order chi connectivity index (χ1) is 7.68. The summed E-state index contributed by atoms with van der Waals surface area (Å²) in [7, 11) is 0. The molecule has 2 rings (SSSR count). The summed E-state index contributed by atoms with van der Waals surface area (Å²) in [4.78, 5) is 20.9. The number of piperidine rings is 1. The predicted molar refractivity (Wildman–Crippen MR) is 58.6 cm³/mol. The van der Waals surface area contributed by atoms with Crippen LogP contribution in [0.3, 0.4) is 0 Å². The number of carboxylic acid groups (broad SMARTS) is 1. The van der Waals surface area contributed by atoms with Crippen molar-refractivity contribution in [1.82, 2.24) is 9.97 Å². The van der Waals surface area contributed by atoms with Gasteiger partial charge in [-0.25, -0.2) is 14.8 Å². The molecule has 1 aromatic rings. The summed E-state index contributed by atoms with van der Waals surface area (Å²) in [5.74, 6) is -0.381. The number of anilines is 1. The summed E-state index contributed by atoms with van der Waals surface area (Å²) >= 11 is 0. The second-order valence-electron chi connectivity index (χ2n) is 3.95. The van der Waals surface area contributed by atoms with Gasteiger partial charge in [-0.05, 0) is 26.2 Å². The number of aromatic nitrogens is 2. The molecule has 0 aliphatic carbocycles. The molecule has 5 nitrogen and oxygen atoms in total. The van der Waals surface area contributed by atoms with Gasteiger partial charge in [0.05, 0.1) is 5.69 Å². The zero-order valence-electron chi connectivity index (χ0n) is 9.23. The van der Waals surface area contributed by atoms with E-state index in [1.54, 1.807) is 6.92 Å². The van der Waals surface area contributed by atoms with Crippen molar-refractivity contribution >= 4 is 11.8 Å². The molecule has 1 fully saturated rings. The lowest BCUT2D eigenvalue weighted by Crippen LogP contribution is -2.30. The van der Waals surface area contributed by atoms with Crippen LogP contribution in [0, 0.1) is 13.1 Å². The SMILES string of the molecule is Cc1nc(N2CCCCC2)[c]nc1C(=O)O. The minimum Gasteiger partial charge on any atom is -0.476 e. The average Bonchev–Trinajstić information content (AvgIpc) is 2.29. The first-order valence-electron chi connectivity index (χ1n) is 5.43. The Hall–Kier alpha value is -1.65. The molecule has 2 heterocycles. The number of hydrogen-bond donors (Lipinski definition) is 1. The highest BCUT2D eigenvalue weighted by atomic mass is 16.4. The standard InChI is InChI=1S/C11H14N3O2/c1-8-10(11(15)16)12-7-9(13-8)14-5-3-2-4-6-14/h2-6H2,1H3,(H,15,16). The number of hydrogen-bond acceptors (Lipinski definition) is 4. The molecule has 1 aromatic heterocycles. The van der Waals surface area contributed by atoms with Crippen LogP contribution in [-0.2, 0) is 0 Å². The molecule has 1 aliphatic heterocycles. The molecule has 0 bridgehead atoms. The van der Waals surface area contributed by atoms with Crippen LogP contribution in [0.1, 0.15) is 35.4 Å². The van der Waals surface area contributed by atoms with Gasteiger partial charge in [0.2, 0.25) is 0 Å². The Labute approximate surface area is 94.1 Å². The van der Waals surface area contributed by atoms with E-state index in [0.29, 0.717) is 11.5 Å². The number of carboxylic acids is 1. The molecule has 0 amide bonds. The van der Waals surface area contributed by atoms with Gasteiger partial charge in [-0.15, -0.1) is 0 Å². The fourth-order valence-electron chi connectivity index (χ4n) is 1.87. The molecule has 0 unspecified atom stereocenters. The van der Waals surface area contributed by atoms with Gasteiger partial charge in [0.1, 0.15) is 6.20 Å². The normalized spacial score (nSPS) is 16.2. The summed E-state index contributed by atoms with van der Waals surface area (Å²) in [5.41, 5.74) is 0.438. The summed E-state index contributed by atoms with van der Waals surface area (Å²) in [6.07, 6.45) is 6.26. The van der Waals surface area contributed by atoms with E-state index in [4.69, 9.17) is 5.11 Å². The summed E-state index contributed by atoms with van der Waals surface area (Å²) < 4.78 is 0. The van der Waals surface area contributed by atoms with Gasteiger partial charge in [0.15, 0.2) is 11.5 Å². The fourth-order valence-corrected chi connectivity index (χ4v) is 1.87. The van der Waals surface area contributed by atoms with Crippen LogP contribution in [0.25, 0.3) is 0 Å². The highest BCUT2D eigenvalue weighted by Crippen LogP contribution is 2.17. The van der Waals surface area contributed by atoms with Gasteiger partial charge in [-0.1, -0.05) is 0 Å². The molecule has 85 valence electrons. The average molecular weight is 220 g/mol. The fraction of sp³-hybridized carbons (Fsp3) is 0.545. The van der Waals surface area contributed by atoms with E-state index in [9.17, 15) is 4.79 Å². The minimum atomic E-state index is -1.05. The lowest BCUT2D eigenvalue weighted by atomic mass is 10.1. The molecule has 0 aromatic carbocycles. The zero-order valence-corrected chi connectivity index (χ0v) is 9.23. The van der Waals surface area contributed by atoms with E-state index in [1.165, 1.54) is 6.42 Å². The maximum atomic E-state index is 10.8. The van der Waals surface area contributed by atoms with Crippen LogP contribution >= 0.6 is 0 Å². The topological polar surface area (TPSA) is 66.3 Å². The number of aryl methyl sites for hydroxylation is 1. The van der Waals surface area contributed by atoms with Crippen molar-refractivity contribution in [2.24, 2.45) is 0 Å². The van der Waals surface area contributed by atoms with E-state index in [0.717, 1.165) is 25.9 Å². The van der Waals surface area contributed by atoms with Crippen molar-refractivity contribution in [3.8, 4) is 0 Å². The summed E-state index contributed by atoms with van der Waals surface area (Å²) in [5, 5.41) is 8.83. The van der Waals surface area contributed by atoms with Gasteiger partial charge >= 0.3 is 5.97 Å². The molecule has 5 heteroatoms. The molecule has 1 radical (unpaired) electrons. The van der Waals surface area contributed by atoms with Gasteiger partial charge in [-0.3, -0.25) is 0 Å². The minimum absolute atomic E-state index is 0.0132. The Balaban J connectivity index is 2.23. The van der Waals surface area contributed by atoms with Crippen LogP contribution in [-0.4, -0.2) is 34.1 Å². The Morgan fingerprint density at radius 1 is 1.38 bits per heavy atom. The van der Waals surface area contributed by atoms with E-state index in [1.807, 2.05) is 0 Å². The molecule has 0 saturated carbocycles. The highest BCUT2D eigenvalue weighted by molar-refractivity contribution is 5.86. The largest absolute Gasteiger partial charge is 0.476 e. The first-order valence-corrected chi connectivity index (χ1v) is 5.43. The molecule has 1 N–H and O–H groups in total. The van der Waals surface area contributed by atoms with Crippen LogP contribution in [0.4, 0.5) is 5.82 Å². The molecular formula is C11H14N3O2. The maximum absolute atomic E-state index is 10.8. The molecular weight excluding hydrogens is 206 g/mol. The van der Waals surface area contributed by atoms with Crippen LogP contribution in [0.2, 0.25) is 0 Å². The third kappa shape index (κ3) is 2.13. The summed E-state index contributed by atoms with van der Waals surface area (Å²) in [6, 6.07) is 0. The molecule has 0 spiro atoms. The number of nitrogens with zero attached hydrogens (tertiary/aromatic N) is 3. The van der Waals surface area contributed by atoms with Gasteiger partial charge < -0.3 is 10.0 Å². The van der Waals surface area contributed by atoms with Gasteiger partial charge in [-0.2, -0.15) is 0 Å². The van der Waals surface area contributed by atoms with Crippen molar-refractivity contribution in [1.29, 1.82) is 0 Å². The Bertz CT molecular complexity index is 400. The van der Waals surface area contributed by atoms with Crippen molar-refractivity contribution in [3.05, 3.63) is 17.6 Å². The zero-order chi connectivity index (χ0) is 11.5. The summed E-state index contributed by atoms with van der Waals surface area (Å²) in [6.45, 7) is 3.58. The number of rotatable bonds is 2. The van der Waals surface area contributed by atoms with Crippen molar-refractivity contribution in [2.75, 3.05) is 18.0 Å². The van der Waals surface area contributed by atoms with Crippen LogP contribution in [0.15, 0.2) is 0 Å². The monoisotopic (exact) mass is 220 g/mol. The van der Waals surface area contributed by atoms with Crippen molar-refractivity contribution in [2.45, 2.75) is 26.2 Å². The Kier molecular flexibility index (Phi) is 3.03. The third-order valence-corrected chi connectivity index (χ3v) is 2.74. The highest BCUT2D eigenvalue weighted by Gasteiger charge is 2.16. The van der Waals surface area contributed by atoms with E-state index < -0.39 is 5.97 Å². The van der Waals surface area contributed by atoms with E-state index in [2.05, 4.69) is 21.1 Å². The van der Waals surface area contributed by atoms with Crippen LogP contribution in [0.5, 0.6) is 0 Å². The second-order valence-corrected chi connectivity index (χ2v) is 3.95. The Morgan fingerprint density at radius 2 is 2.06 bits per heavy atom. The molecule has 0 atom stereocenters. The molecule has 1 saturated heterocycles. The molecule has 16 heavy (non-hydrogen) atoms. The lowest BCUT2D eigenvalue weighted by molar-refractivity contribution is 0.0689. The predicted octanol–water partition coefficient (Wildman–Crippen LogP) is 1.27. The van der Waals surface area contributed by atoms with E-state index >= 15 is 0 Å². The second kappa shape index (κ2) is 4.47. The smallest absolute Gasteiger partial charge is 0.356 e. The lowest BCUT2D eigenvalue weighted by Gasteiger charge is -2.27. The maximum Gasteiger partial charge on any atom is 0.356 e. The third-order valence-electron chi connectivity index (χ3n) is 2.74. The van der Waals surface area contributed by atoms with Gasteiger partial charge in [0, 0.05) is 13.1 Å². The Morgan fingerprint density at radius 3 is 2.62 bits per heavy atom. The van der Waals surface area contributed by atoms with Crippen molar-refractivity contribution in [3.63, 3.8) is 0 Å². The van der Waals surface area contributed by atoms with Crippen LogP contribution < -0.4 is 4.90 Å². The quantitative estimate of drug-likeness (QED) is 0.813. The van der Waals surface area contributed by atoms with E-state index in [-0.39, 0.29) is 5.69 Å². The first kappa shape index (κ1) is 10.9. The number of carbonyl (C=O) groups is 1.